The highest BCUT2D eigenvalue weighted by atomic mass is 32.1. The van der Waals surface area contributed by atoms with E-state index in [9.17, 15) is 4.79 Å². The average Bonchev–Trinajstić information content (AvgIpc) is 3.35. The molecule has 8 nitrogen and oxygen atoms in total. The van der Waals surface area contributed by atoms with E-state index in [1.54, 1.807) is 18.2 Å². The Morgan fingerprint density at radius 2 is 1.81 bits per heavy atom. The first-order valence-electron chi connectivity index (χ1n) is 7.95. The molecule has 1 aliphatic heterocycles. The Morgan fingerprint density at radius 3 is 2.56 bits per heavy atom. The van der Waals surface area contributed by atoms with E-state index in [2.05, 4.69) is 15.5 Å². The van der Waals surface area contributed by atoms with Crippen molar-refractivity contribution in [2.24, 2.45) is 0 Å². The molecule has 0 saturated heterocycles. The molecule has 3 aromatic rings. The van der Waals surface area contributed by atoms with Crippen LogP contribution in [0.3, 0.4) is 0 Å². The summed E-state index contributed by atoms with van der Waals surface area (Å²) >= 11 is 1.25. The monoisotopic (exact) mass is 385 g/mol. The first kappa shape index (κ1) is 17.1. The van der Waals surface area contributed by atoms with Crippen LogP contribution in [-0.4, -0.2) is 37.1 Å². The molecule has 0 radical (unpaired) electrons. The lowest BCUT2D eigenvalue weighted by Crippen LogP contribution is -2.14. The van der Waals surface area contributed by atoms with E-state index in [0.29, 0.717) is 38.7 Å². The molecule has 1 N–H and O–H groups in total. The van der Waals surface area contributed by atoms with Crippen molar-refractivity contribution in [3.05, 3.63) is 42.0 Å². The second-order valence-corrected chi connectivity index (χ2v) is 6.45. The van der Waals surface area contributed by atoms with Gasteiger partial charge in [-0.15, -0.1) is 10.2 Å². The molecule has 1 amide bonds. The SMILES string of the molecule is COc1cccc(OC)c1C(=O)Nc1nnc(-c2ccc3c(c2)OCO3)s1. The maximum absolute atomic E-state index is 12.7. The molecule has 4 rings (SSSR count). The van der Waals surface area contributed by atoms with Gasteiger partial charge in [-0.05, 0) is 30.3 Å². The van der Waals surface area contributed by atoms with E-state index < -0.39 is 5.91 Å². The van der Waals surface area contributed by atoms with Crippen LogP contribution in [0.4, 0.5) is 5.13 Å². The van der Waals surface area contributed by atoms with E-state index in [1.165, 1.54) is 25.6 Å². The van der Waals surface area contributed by atoms with Crippen LogP contribution < -0.4 is 24.3 Å². The van der Waals surface area contributed by atoms with Gasteiger partial charge in [0.25, 0.3) is 5.91 Å². The molecule has 0 saturated carbocycles. The van der Waals surface area contributed by atoms with Crippen molar-refractivity contribution in [1.82, 2.24) is 10.2 Å². The molecular formula is C18H15N3O5S. The van der Waals surface area contributed by atoms with Gasteiger partial charge in [0, 0.05) is 5.56 Å². The van der Waals surface area contributed by atoms with Crippen LogP contribution in [0, 0.1) is 0 Å². The number of methoxy groups -OCH3 is 2. The Bertz CT molecular complexity index is 982. The maximum atomic E-state index is 12.7. The third-order valence-electron chi connectivity index (χ3n) is 3.92. The van der Waals surface area contributed by atoms with E-state index in [1.807, 2.05) is 18.2 Å². The van der Waals surface area contributed by atoms with Crippen LogP contribution in [0.2, 0.25) is 0 Å². The number of amides is 1. The number of fused-ring (bicyclic) bond motifs is 1. The molecule has 0 bridgehead atoms. The van der Waals surface area contributed by atoms with Crippen LogP contribution in [0.15, 0.2) is 36.4 Å². The number of carbonyl (C=O) groups excluding carboxylic acids is 1. The number of benzene rings is 2. The summed E-state index contributed by atoms with van der Waals surface area (Å²) in [5.41, 5.74) is 1.12. The van der Waals surface area contributed by atoms with E-state index >= 15 is 0 Å². The van der Waals surface area contributed by atoms with Gasteiger partial charge in [-0.3, -0.25) is 10.1 Å². The number of ether oxygens (including phenoxy) is 4. The molecule has 0 atom stereocenters. The Morgan fingerprint density at radius 1 is 1.07 bits per heavy atom. The largest absolute Gasteiger partial charge is 0.496 e. The van der Waals surface area contributed by atoms with Crippen molar-refractivity contribution in [3.8, 4) is 33.6 Å². The van der Waals surface area contributed by atoms with E-state index in [4.69, 9.17) is 18.9 Å². The standard InChI is InChI=1S/C18H15N3O5S/c1-23-12-4-3-5-13(24-2)15(12)16(22)19-18-21-20-17(27-18)10-6-7-11-14(8-10)26-9-25-11/h3-8H,9H2,1-2H3,(H,19,21,22). The van der Waals surface area contributed by atoms with Gasteiger partial charge in [0.05, 0.1) is 14.2 Å². The average molecular weight is 385 g/mol. The van der Waals surface area contributed by atoms with Gasteiger partial charge in [0.1, 0.15) is 22.1 Å². The summed E-state index contributed by atoms with van der Waals surface area (Å²) in [7, 11) is 2.99. The summed E-state index contributed by atoms with van der Waals surface area (Å²) in [4.78, 5) is 12.7. The van der Waals surface area contributed by atoms with E-state index in [0.717, 1.165) is 5.56 Å². The Labute approximate surface area is 158 Å². The summed E-state index contributed by atoms with van der Waals surface area (Å²) in [5, 5.41) is 11.9. The van der Waals surface area contributed by atoms with Crippen molar-refractivity contribution in [2.45, 2.75) is 0 Å². The topological polar surface area (TPSA) is 91.8 Å². The van der Waals surface area contributed by atoms with Crippen LogP contribution in [0.5, 0.6) is 23.0 Å². The third-order valence-corrected chi connectivity index (χ3v) is 4.81. The maximum Gasteiger partial charge on any atom is 0.265 e. The number of carbonyl (C=O) groups is 1. The quantitative estimate of drug-likeness (QED) is 0.721. The minimum absolute atomic E-state index is 0.205. The minimum Gasteiger partial charge on any atom is -0.496 e. The predicted octanol–water partition coefficient (Wildman–Crippen LogP) is 3.20. The van der Waals surface area contributed by atoms with Crippen molar-refractivity contribution >= 4 is 22.4 Å². The first-order chi connectivity index (χ1) is 13.2. The second-order valence-electron chi connectivity index (χ2n) is 5.47. The van der Waals surface area contributed by atoms with Gasteiger partial charge >= 0.3 is 0 Å². The van der Waals surface area contributed by atoms with Crippen molar-refractivity contribution in [2.75, 3.05) is 26.3 Å². The third kappa shape index (κ3) is 3.24. The van der Waals surface area contributed by atoms with Gasteiger partial charge < -0.3 is 18.9 Å². The van der Waals surface area contributed by atoms with Gasteiger partial charge in [0.2, 0.25) is 11.9 Å². The summed E-state index contributed by atoms with van der Waals surface area (Å²) in [6.07, 6.45) is 0. The number of nitrogens with one attached hydrogen (secondary N) is 1. The van der Waals surface area contributed by atoms with Crippen LogP contribution in [0.25, 0.3) is 10.6 Å². The molecule has 0 aliphatic carbocycles. The summed E-state index contributed by atoms with van der Waals surface area (Å²) in [6, 6.07) is 10.6. The van der Waals surface area contributed by atoms with Gasteiger partial charge in [-0.25, -0.2) is 0 Å². The molecule has 9 heteroatoms. The molecule has 2 heterocycles. The van der Waals surface area contributed by atoms with Crippen molar-refractivity contribution in [3.63, 3.8) is 0 Å². The van der Waals surface area contributed by atoms with E-state index in [-0.39, 0.29) is 6.79 Å². The number of anilines is 1. The molecule has 0 spiro atoms. The summed E-state index contributed by atoms with van der Waals surface area (Å²) in [5.74, 6) is 1.78. The number of hydrogen-bond donors (Lipinski definition) is 1. The molecule has 2 aromatic carbocycles. The molecule has 1 aliphatic rings. The molecular weight excluding hydrogens is 370 g/mol. The van der Waals surface area contributed by atoms with Crippen LogP contribution in [0.1, 0.15) is 10.4 Å². The fraction of sp³-hybridized carbons (Fsp3) is 0.167. The van der Waals surface area contributed by atoms with Gasteiger partial charge in [-0.1, -0.05) is 17.4 Å². The van der Waals surface area contributed by atoms with Crippen LogP contribution >= 0.6 is 11.3 Å². The lowest BCUT2D eigenvalue weighted by Gasteiger charge is -2.11. The zero-order chi connectivity index (χ0) is 18.8. The fourth-order valence-corrected chi connectivity index (χ4v) is 3.39. The number of rotatable bonds is 5. The highest BCUT2D eigenvalue weighted by Crippen LogP contribution is 2.37. The van der Waals surface area contributed by atoms with Crippen LogP contribution in [-0.2, 0) is 0 Å². The zero-order valence-electron chi connectivity index (χ0n) is 14.5. The molecule has 138 valence electrons. The second kappa shape index (κ2) is 7.12. The Balaban J connectivity index is 1.57. The Kier molecular flexibility index (Phi) is 4.51. The smallest absolute Gasteiger partial charge is 0.265 e. The van der Waals surface area contributed by atoms with Crippen molar-refractivity contribution in [1.29, 1.82) is 0 Å². The number of nitrogens with zero attached hydrogens (tertiary/aromatic N) is 2. The lowest BCUT2D eigenvalue weighted by atomic mass is 10.1. The number of hydrogen-bond acceptors (Lipinski definition) is 8. The number of aromatic nitrogens is 2. The lowest BCUT2D eigenvalue weighted by molar-refractivity contribution is 0.102. The zero-order valence-corrected chi connectivity index (χ0v) is 15.3. The van der Waals surface area contributed by atoms with Gasteiger partial charge in [0.15, 0.2) is 11.5 Å². The van der Waals surface area contributed by atoms with Gasteiger partial charge in [-0.2, -0.15) is 0 Å². The van der Waals surface area contributed by atoms with Crippen molar-refractivity contribution < 1.29 is 23.7 Å². The molecule has 0 fully saturated rings. The summed E-state index contributed by atoms with van der Waals surface area (Å²) in [6.45, 7) is 0.205. The summed E-state index contributed by atoms with van der Waals surface area (Å²) < 4.78 is 21.2. The predicted molar refractivity (Wildman–Crippen MR) is 99.0 cm³/mol. The normalized spacial score (nSPS) is 11.9. The highest BCUT2D eigenvalue weighted by Gasteiger charge is 2.20. The first-order valence-corrected chi connectivity index (χ1v) is 8.77. The fourth-order valence-electron chi connectivity index (χ4n) is 2.65. The highest BCUT2D eigenvalue weighted by molar-refractivity contribution is 7.18. The molecule has 27 heavy (non-hydrogen) atoms. The Hall–Kier alpha value is -3.33. The molecule has 1 aromatic heterocycles. The molecule has 0 unspecified atom stereocenters. The minimum atomic E-state index is -0.391.